The van der Waals surface area contributed by atoms with E-state index in [2.05, 4.69) is 33.2 Å². The van der Waals surface area contributed by atoms with Crippen molar-refractivity contribution in [3.63, 3.8) is 0 Å². The zero-order chi connectivity index (χ0) is 14.2. The van der Waals surface area contributed by atoms with E-state index in [0.717, 1.165) is 35.4 Å². The van der Waals surface area contributed by atoms with Crippen molar-refractivity contribution in [3.8, 4) is 5.75 Å². The summed E-state index contributed by atoms with van der Waals surface area (Å²) in [7, 11) is 0. The van der Waals surface area contributed by atoms with E-state index in [4.69, 9.17) is 4.74 Å². The summed E-state index contributed by atoms with van der Waals surface area (Å²) in [6.07, 6.45) is 3.55. The van der Waals surface area contributed by atoms with Crippen molar-refractivity contribution in [2.75, 3.05) is 26.2 Å². The summed E-state index contributed by atoms with van der Waals surface area (Å²) in [6.45, 7) is 3.03. The number of rotatable bonds is 6. The summed E-state index contributed by atoms with van der Waals surface area (Å²) in [4.78, 5) is 11.7. The molecule has 1 fully saturated rings. The predicted octanol–water partition coefficient (Wildman–Crippen LogP) is 2.18. The van der Waals surface area contributed by atoms with Crippen LogP contribution in [0, 0.1) is 9.49 Å². The quantitative estimate of drug-likeness (QED) is 0.735. The number of hydrogen-bond acceptors (Lipinski definition) is 3. The first-order valence-electron chi connectivity index (χ1n) is 7.10. The number of carbonyl (C=O) groups excluding carboxylic acids is 1. The number of halogens is 1. The highest BCUT2D eigenvalue weighted by Gasteiger charge is 2.12. The number of amides is 1. The summed E-state index contributed by atoms with van der Waals surface area (Å²) in [6, 6.07) is 7.68. The molecule has 1 aromatic rings. The number of benzene rings is 1. The van der Waals surface area contributed by atoms with Crippen molar-refractivity contribution in [3.05, 3.63) is 27.8 Å². The van der Waals surface area contributed by atoms with E-state index in [0.29, 0.717) is 5.92 Å². The third kappa shape index (κ3) is 5.66. The van der Waals surface area contributed by atoms with Gasteiger partial charge in [0.2, 0.25) is 0 Å². The molecule has 0 aromatic heterocycles. The maximum absolute atomic E-state index is 11.7. The van der Waals surface area contributed by atoms with Crippen LogP contribution in [0.3, 0.4) is 0 Å². The first-order chi connectivity index (χ1) is 9.74. The second-order valence-corrected chi connectivity index (χ2v) is 6.34. The van der Waals surface area contributed by atoms with Crippen LogP contribution in [0.2, 0.25) is 0 Å². The molecular formula is C15H21IN2O2. The maximum Gasteiger partial charge on any atom is 0.257 e. The van der Waals surface area contributed by atoms with E-state index in [9.17, 15) is 4.79 Å². The lowest BCUT2D eigenvalue weighted by atomic mass is 9.96. The molecule has 0 bridgehead atoms. The van der Waals surface area contributed by atoms with Crippen LogP contribution in [-0.2, 0) is 4.79 Å². The number of piperidine rings is 1. The Morgan fingerprint density at radius 3 is 2.90 bits per heavy atom. The Hall–Kier alpha value is -0.820. The average Bonchev–Trinajstić information content (AvgIpc) is 2.48. The van der Waals surface area contributed by atoms with Gasteiger partial charge in [-0.05, 0) is 85.1 Å². The van der Waals surface area contributed by atoms with E-state index in [1.807, 2.05) is 24.3 Å². The number of ether oxygens (including phenoxy) is 1. The molecule has 0 spiro atoms. The van der Waals surface area contributed by atoms with E-state index in [-0.39, 0.29) is 12.5 Å². The van der Waals surface area contributed by atoms with Crippen molar-refractivity contribution >= 4 is 28.5 Å². The second kappa shape index (κ2) is 8.46. The zero-order valence-electron chi connectivity index (χ0n) is 11.5. The molecule has 1 saturated heterocycles. The highest BCUT2D eigenvalue weighted by Crippen LogP contribution is 2.14. The minimum absolute atomic E-state index is 0.0488. The fourth-order valence-electron chi connectivity index (χ4n) is 2.32. The van der Waals surface area contributed by atoms with Crippen LogP contribution in [0.1, 0.15) is 19.3 Å². The fraction of sp³-hybridized carbons (Fsp3) is 0.533. The summed E-state index contributed by atoms with van der Waals surface area (Å²) in [5.74, 6) is 1.38. The molecule has 1 aromatic carbocycles. The zero-order valence-corrected chi connectivity index (χ0v) is 13.7. The molecule has 2 N–H and O–H groups in total. The lowest BCUT2D eigenvalue weighted by Gasteiger charge is -2.22. The Labute approximate surface area is 133 Å². The first-order valence-corrected chi connectivity index (χ1v) is 8.17. The van der Waals surface area contributed by atoms with Gasteiger partial charge in [-0.3, -0.25) is 4.79 Å². The normalized spacial score (nSPS) is 18.6. The van der Waals surface area contributed by atoms with Gasteiger partial charge in [0.25, 0.3) is 5.91 Å². The number of carbonyl (C=O) groups is 1. The fourth-order valence-corrected chi connectivity index (χ4v) is 2.68. The topological polar surface area (TPSA) is 50.4 Å². The summed E-state index contributed by atoms with van der Waals surface area (Å²) < 4.78 is 6.59. The van der Waals surface area contributed by atoms with Crippen molar-refractivity contribution in [1.29, 1.82) is 0 Å². The Bertz CT molecular complexity index is 416. The number of nitrogens with one attached hydrogen (secondary N) is 2. The van der Waals surface area contributed by atoms with Crippen molar-refractivity contribution in [2.24, 2.45) is 5.92 Å². The highest BCUT2D eigenvalue weighted by molar-refractivity contribution is 14.1. The molecule has 0 saturated carbocycles. The summed E-state index contributed by atoms with van der Waals surface area (Å²) in [5.41, 5.74) is 0. The molecule has 1 heterocycles. The maximum atomic E-state index is 11.7. The third-order valence-corrected chi connectivity index (χ3v) is 4.18. The molecule has 1 amide bonds. The minimum atomic E-state index is -0.0488. The van der Waals surface area contributed by atoms with Gasteiger partial charge in [-0.2, -0.15) is 0 Å². The van der Waals surface area contributed by atoms with Crippen molar-refractivity contribution in [2.45, 2.75) is 19.3 Å². The lowest BCUT2D eigenvalue weighted by molar-refractivity contribution is -0.123. The van der Waals surface area contributed by atoms with Gasteiger partial charge < -0.3 is 15.4 Å². The molecule has 0 radical (unpaired) electrons. The van der Waals surface area contributed by atoms with Gasteiger partial charge >= 0.3 is 0 Å². The average molecular weight is 388 g/mol. The molecule has 0 aliphatic carbocycles. The van der Waals surface area contributed by atoms with E-state index in [1.54, 1.807) is 0 Å². The van der Waals surface area contributed by atoms with Crippen molar-refractivity contribution < 1.29 is 9.53 Å². The largest absolute Gasteiger partial charge is 0.484 e. The van der Waals surface area contributed by atoms with Crippen LogP contribution in [0.15, 0.2) is 24.3 Å². The monoisotopic (exact) mass is 388 g/mol. The Morgan fingerprint density at radius 2 is 2.20 bits per heavy atom. The standard InChI is InChI=1S/C15H21IN2O2/c16-13-3-5-14(6-4-13)20-11-15(19)18-9-7-12-2-1-8-17-10-12/h3-6,12,17H,1-2,7-11H2,(H,18,19). The minimum Gasteiger partial charge on any atom is -0.484 e. The number of hydrogen-bond donors (Lipinski definition) is 2. The Balaban J connectivity index is 1.59. The molecule has 5 heteroatoms. The first kappa shape index (κ1) is 15.6. The van der Waals surface area contributed by atoms with Gasteiger partial charge in [0.1, 0.15) is 5.75 Å². The molecule has 4 nitrogen and oxygen atoms in total. The van der Waals surface area contributed by atoms with E-state index >= 15 is 0 Å². The van der Waals surface area contributed by atoms with Crippen LogP contribution in [-0.4, -0.2) is 32.1 Å². The smallest absolute Gasteiger partial charge is 0.257 e. The van der Waals surface area contributed by atoms with Gasteiger partial charge in [-0.25, -0.2) is 0 Å². The van der Waals surface area contributed by atoms with Gasteiger partial charge in [-0.15, -0.1) is 0 Å². The van der Waals surface area contributed by atoms with Crippen LogP contribution in [0.4, 0.5) is 0 Å². The lowest BCUT2D eigenvalue weighted by Crippen LogP contribution is -2.34. The molecule has 1 aliphatic heterocycles. The van der Waals surface area contributed by atoms with Crippen LogP contribution < -0.4 is 15.4 Å². The third-order valence-electron chi connectivity index (χ3n) is 3.46. The van der Waals surface area contributed by atoms with E-state index in [1.165, 1.54) is 12.8 Å². The molecule has 1 unspecified atom stereocenters. The molecule has 1 atom stereocenters. The molecule has 110 valence electrons. The van der Waals surface area contributed by atoms with Crippen LogP contribution >= 0.6 is 22.6 Å². The molecule has 20 heavy (non-hydrogen) atoms. The Morgan fingerprint density at radius 1 is 1.40 bits per heavy atom. The van der Waals surface area contributed by atoms with Crippen LogP contribution in [0.25, 0.3) is 0 Å². The van der Waals surface area contributed by atoms with Crippen LogP contribution in [0.5, 0.6) is 5.75 Å². The highest BCUT2D eigenvalue weighted by atomic mass is 127. The van der Waals surface area contributed by atoms with Crippen molar-refractivity contribution in [1.82, 2.24) is 10.6 Å². The van der Waals surface area contributed by atoms with Gasteiger partial charge in [0.05, 0.1) is 0 Å². The summed E-state index contributed by atoms with van der Waals surface area (Å²) in [5, 5.41) is 6.30. The van der Waals surface area contributed by atoms with Gasteiger partial charge in [0, 0.05) is 10.1 Å². The Kier molecular flexibility index (Phi) is 6.59. The van der Waals surface area contributed by atoms with Gasteiger partial charge in [-0.1, -0.05) is 0 Å². The molecule has 1 aliphatic rings. The molecule has 2 rings (SSSR count). The summed E-state index contributed by atoms with van der Waals surface area (Å²) >= 11 is 2.24. The van der Waals surface area contributed by atoms with E-state index < -0.39 is 0 Å². The molecular weight excluding hydrogens is 367 g/mol. The predicted molar refractivity (Wildman–Crippen MR) is 87.9 cm³/mol. The SMILES string of the molecule is O=C(COc1ccc(I)cc1)NCCC1CCCNC1. The second-order valence-electron chi connectivity index (χ2n) is 5.09. The van der Waals surface area contributed by atoms with Gasteiger partial charge in [0.15, 0.2) is 6.61 Å².